The zero-order valence-electron chi connectivity index (χ0n) is 12.8. The topological polar surface area (TPSA) is 78.9 Å². The number of carbonyl (C=O) groups is 1. The molecular weight excluding hydrogens is 254 g/mol. The van der Waals surface area contributed by atoms with Crippen molar-refractivity contribution in [2.75, 3.05) is 23.7 Å². The van der Waals surface area contributed by atoms with Gasteiger partial charge in [0.15, 0.2) is 0 Å². The summed E-state index contributed by atoms with van der Waals surface area (Å²) in [7, 11) is 0. The van der Waals surface area contributed by atoms with Crippen molar-refractivity contribution in [2.24, 2.45) is 0 Å². The lowest BCUT2D eigenvalue weighted by molar-refractivity contribution is -0.121. The molecule has 0 aromatic carbocycles. The highest BCUT2D eigenvalue weighted by molar-refractivity contribution is 5.83. The van der Waals surface area contributed by atoms with Gasteiger partial charge in [-0.15, -0.1) is 0 Å². The molecule has 3 N–H and O–H groups in total. The average molecular weight is 279 g/mol. The van der Waals surface area contributed by atoms with Gasteiger partial charge < -0.3 is 16.0 Å². The summed E-state index contributed by atoms with van der Waals surface area (Å²) in [5, 5.41) is 9.14. The Morgan fingerprint density at radius 2 is 1.95 bits per heavy atom. The highest BCUT2D eigenvalue weighted by Gasteiger charge is 2.13. The van der Waals surface area contributed by atoms with E-state index in [1.807, 2.05) is 26.8 Å². The van der Waals surface area contributed by atoms with Gasteiger partial charge in [-0.2, -0.15) is 0 Å². The van der Waals surface area contributed by atoms with Gasteiger partial charge >= 0.3 is 0 Å². The maximum atomic E-state index is 11.7. The minimum absolute atomic E-state index is 0.0350. The van der Waals surface area contributed by atoms with Crippen LogP contribution in [0.2, 0.25) is 0 Å². The van der Waals surface area contributed by atoms with Crippen LogP contribution in [0.4, 0.5) is 11.6 Å². The SMILES string of the molecule is CCCNc1cc(NC(C)C(=O)NCC)nc(CC)n1. The first-order chi connectivity index (χ1) is 9.60. The summed E-state index contributed by atoms with van der Waals surface area (Å²) >= 11 is 0. The van der Waals surface area contributed by atoms with Crippen LogP contribution in [0, 0.1) is 0 Å². The van der Waals surface area contributed by atoms with Crippen molar-refractivity contribution in [1.29, 1.82) is 0 Å². The van der Waals surface area contributed by atoms with Crippen molar-refractivity contribution < 1.29 is 4.79 Å². The number of aromatic nitrogens is 2. The largest absolute Gasteiger partial charge is 0.370 e. The summed E-state index contributed by atoms with van der Waals surface area (Å²) in [6.07, 6.45) is 1.79. The Balaban J connectivity index is 2.79. The number of nitrogens with zero attached hydrogens (tertiary/aromatic N) is 2. The molecule has 0 aliphatic heterocycles. The number of hydrogen-bond acceptors (Lipinski definition) is 5. The Kier molecular flexibility index (Phi) is 6.76. The predicted molar refractivity (Wildman–Crippen MR) is 82.0 cm³/mol. The average Bonchev–Trinajstić information content (AvgIpc) is 2.45. The molecule has 0 spiro atoms. The summed E-state index contributed by atoms with van der Waals surface area (Å²) in [4.78, 5) is 20.5. The van der Waals surface area contributed by atoms with Crippen LogP contribution in [0.25, 0.3) is 0 Å². The number of aryl methyl sites for hydroxylation is 1. The molecular formula is C14H25N5O. The molecule has 20 heavy (non-hydrogen) atoms. The summed E-state index contributed by atoms with van der Waals surface area (Å²) in [5.41, 5.74) is 0. The second-order valence-electron chi connectivity index (χ2n) is 4.60. The monoisotopic (exact) mass is 279 g/mol. The molecule has 112 valence electrons. The van der Waals surface area contributed by atoms with E-state index in [1.54, 1.807) is 0 Å². The van der Waals surface area contributed by atoms with Crippen molar-refractivity contribution in [3.63, 3.8) is 0 Å². The van der Waals surface area contributed by atoms with Gasteiger partial charge in [0.1, 0.15) is 23.5 Å². The molecule has 1 heterocycles. The smallest absolute Gasteiger partial charge is 0.242 e. The highest BCUT2D eigenvalue weighted by Crippen LogP contribution is 2.13. The lowest BCUT2D eigenvalue weighted by atomic mass is 10.3. The first kappa shape index (κ1) is 16.2. The van der Waals surface area contributed by atoms with Crippen molar-refractivity contribution in [1.82, 2.24) is 15.3 Å². The van der Waals surface area contributed by atoms with Crippen molar-refractivity contribution in [2.45, 2.75) is 46.6 Å². The van der Waals surface area contributed by atoms with E-state index >= 15 is 0 Å². The molecule has 0 aliphatic rings. The van der Waals surface area contributed by atoms with Crippen LogP contribution in [-0.2, 0) is 11.2 Å². The number of carbonyl (C=O) groups excluding carboxylic acids is 1. The van der Waals surface area contributed by atoms with Crippen LogP contribution in [-0.4, -0.2) is 35.0 Å². The molecule has 1 unspecified atom stereocenters. The fourth-order valence-corrected chi connectivity index (χ4v) is 1.69. The minimum Gasteiger partial charge on any atom is -0.370 e. The van der Waals surface area contributed by atoms with E-state index in [9.17, 15) is 4.79 Å². The summed E-state index contributed by atoms with van der Waals surface area (Å²) < 4.78 is 0. The fourth-order valence-electron chi connectivity index (χ4n) is 1.69. The maximum Gasteiger partial charge on any atom is 0.242 e. The van der Waals surface area contributed by atoms with Crippen LogP contribution in [0.15, 0.2) is 6.07 Å². The van der Waals surface area contributed by atoms with Gasteiger partial charge in [0.05, 0.1) is 0 Å². The summed E-state index contributed by atoms with van der Waals surface area (Å²) in [6, 6.07) is 1.51. The number of hydrogen-bond donors (Lipinski definition) is 3. The number of amides is 1. The van der Waals surface area contributed by atoms with Crippen LogP contribution in [0.1, 0.15) is 39.9 Å². The normalized spacial score (nSPS) is 11.8. The minimum atomic E-state index is -0.325. The molecule has 1 aromatic heterocycles. The van der Waals surface area contributed by atoms with Gasteiger partial charge in [-0.25, -0.2) is 9.97 Å². The van der Waals surface area contributed by atoms with E-state index in [-0.39, 0.29) is 11.9 Å². The molecule has 0 saturated heterocycles. The number of rotatable bonds is 8. The maximum absolute atomic E-state index is 11.7. The van der Waals surface area contributed by atoms with Gasteiger partial charge in [-0.3, -0.25) is 4.79 Å². The third kappa shape index (κ3) is 5.03. The fraction of sp³-hybridized carbons (Fsp3) is 0.643. The molecule has 1 rings (SSSR count). The Bertz CT molecular complexity index is 436. The molecule has 6 nitrogen and oxygen atoms in total. The molecule has 1 atom stereocenters. The Labute approximate surface area is 120 Å². The van der Waals surface area contributed by atoms with Crippen LogP contribution >= 0.6 is 0 Å². The molecule has 0 fully saturated rings. The number of anilines is 2. The van der Waals surface area contributed by atoms with Gasteiger partial charge in [0, 0.05) is 25.6 Å². The molecule has 1 aromatic rings. The number of nitrogens with one attached hydrogen (secondary N) is 3. The third-order valence-electron chi connectivity index (χ3n) is 2.75. The summed E-state index contributed by atoms with van der Waals surface area (Å²) in [5.74, 6) is 2.20. The molecule has 1 amide bonds. The Hall–Kier alpha value is -1.85. The first-order valence-corrected chi connectivity index (χ1v) is 7.26. The summed E-state index contributed by atoms with van der Waals surface area (Å²) in [6.45, 7) is 9.32. The highest BCUT2D eigenvalue weighted by atomic mass is 16.2. The standard InChI is InChI=1S/C14H25N5O/c1-5-8-16-12-9-13(19-11(6-2)18-12)17-10(4)14(20)15-7-3/h9-10H,5-8H2,1-4H3,(H,15,20)(H2,16,17,18,19). The quantitative estimate of drug-likeness (QED) is 0.676. The zero-order valence-corrected chi connectivity index (χ0v) is 12.8. The van der Waals surface area contributed by atoms with E-state index in [2.05, 4.69) is 32.8 Å². The second-order valence-corrected chi connectivity index (χ2v) is 4.60. The van der Waals surface area contributed by atoms with E-state index < -0.39 is 0 Å². The zero-order chi connectivity index (χ0) is 15.0. The molecule has 0 aliphatic carbocycles. The van der Waals surface area contributed by atoms with Gasteiger partial charge in [-0.05, 0) is 20.3 Å². The molecule has 0 radical (unpaired) electrons. The van der Waals surface area contributed by atoms with Crippen molar-refractivity contribution >= 4 is 17.5 Å². The van der Waals surface area contributed by atoms with E-state index in [0.717, 1.165) is 31.0 Å². The molecule has 6 heteroatoms. The van der Waals surface area contributed by atoms with Gasteiger partial charge in [0.25, 0.3) is 0 Å². The van der Waals surface area contributed by atoms with E-state index in [0.29, 0.717) is 12.4 Å². The lowest BCUT2D eigenvalue weighted by Crippen LogP contribution is -2.37. The second kappa shape index (κ2) is 8.35. The Morgan fingerprint density at radius 3 is 2.55 bits per heavy atom. The van der Waals surface area contributed by atoms with Gasteiger partial charge in [-0.1, -0.05) is 13.8 Å². The molecule has 0 saturated carbocycles. The van der Waals surface area contributed by atoms with Crippen LogP contribution < -0.4 is 16.0 Å². The van der Waals surface area contributed by atoms with E-state index in [4.69, 9.17) is 0 Å². The van der Waals surface area contributed by atoms with Crippen LogP contribution in [0.3, 0.4) is 0 Å². The van der Waals surface area contributed by atoms with Crippen molar-refractivity contribution in [3.8, 4) is 0 Å². The third-order valence-corrected chi connectivity index (χ3v) is 2.75. The van der Waals surface area contributed by atoms with Crippen molar-refractivity contribution in [3.05, 3.63) is 11.9 Å². The molecule has 0 bridgehead atoms. The number of likely N-dealkylation sites (N-methyl/N-ethyl adjacent to an activating group) is 1. The van der Waals surface area contributed by atoms with Gasteiger partial charge in [0.2, 0.25) is 5.91 Å². The lowest BCUT2D eigenvalue weighted by Gasteiger charge is -2.15. The first-order valence-electron chi connectivity index (χ1n) is 7.26. The van der Waals surface area contributed by atoms with E-state index in [1.165, 1.54) is 0 Å². The van der Waals surface area contributed by atoms with Crippen LogP contribution in [0.5, 0.6) is 0 Å². The predicted octanol–water partition coefficient (Wildman–Crippen LogP) is 1.80. The Morgan fingerprint density at radius 1 is 1.25 bits per heavy atom.